The van der Waals surface area contributed by atoms with Crippen molar-refractivity contribution in [3.05, 3.63) is 90.0 Å². The Labute approximate surface area is 227 Å². The molecule has 4 rings (SSSR count). The number of hydrogen-bond acceptors (Lipinski definition) is 5. The average molecular weight is 531 g/mol. The summed E-state index contributed by atoms with van der Waals surface area (Å²) in [5.41, 5.74) is 5.37. The fraction of sp³-hybridized carbons (Fsp3) is 0.241. The van der Waals surface area contributed by atoms with Crippen LogP contribution in [-0.2, 0) is 9.59 Å². The molecule has 1 saturated heterocycles. The first kappa shape index (κ1) is 26.8. The van der Waals surface area contributed by atoms with Crippen LogP contribution in [0.4, 0.5) is 11.4 Å². The van der Waals surface area contributed by atoms with Crippen molar-refractivity contribution >= 4 is 46.4 Å². The van der Waals surface area contributed by atoms with Crippen molar-refractivity contribution in [1.82, 2.24) is 10.4 Å². The maximum atomic E-state index is 13.4. The molecule has 1 fully saturated rings. The van der Waals surface area contributed by atoms with Gasteiger partial charge in [-0.1, -0.05) is 44.2 Å². The SMILES string of the molecule is CCOc1ccc(N2C(=O)C[C@H](C(=O)Nc3ccc(C(C)C)cc3)N(NC(=O)c3ccccc3)C2=S)cc1. The highest BCUT2D eigenvalue weighted by Gasteiger charge is 2.42. The summed E-state index contributed by atoms with van der Waals surface area (Å²) in [6.07, 6.45) is -0.196. The van der Waals surface area contributed by atoms with E-state index in [9.17, 15) is 14.4 Å². The van der Waals surface area contributed by atoms with Gasteiger partial charge < -0.3 is 10.1 Å². The monoisotopic (exact) mass is 530 g/mol. The largest absolute Gasteiger partial charge is 0.494 e. The van der Waals surface area contributed by atoms with Gasteiger partial charge in [0, 0.05) is 11.3 Å². The Hall–Kier alpha value is -4.24. The first-order valence-corrected chi connectivity index (χ1v) is 12.8. The fourth-order valence-electron chi connectivity index (χ4n) is 4.08. The second-order valence-corrected chi connectivity index (χ2v) is 9.47. The van der Waals surface area contributed by atoms with Crippen LogP contribution in [0.1, 0.15) is 49.0 Å². The van der Waals surface area contributed by atoms with Crippen LogP contribution in [0, 0.1) is 0 Å². The van der Waals surface area contributed by atoms with Crippen LogP contribution in [0.2, 0.25) is 0 Å². The zero-order valence-corrected chi connectivity index (χ0v) is 22.3. The molecule has 2 N–H and O–H groups in total. The third kappa shape index (κ3) is 6.00. The van der Waals surface area contributed by atoms with Gasteiger partial charge in [0.15, 0.2) is 0 Å². The van der Waals surface area contributed by atoms with E-state index in [0.29, 0.717) is 35.2 Å². The normalized spacial score (nSPS) is 15.4. The van der Waals surface area contributed by atoms with Gasteiger partial charge in [0.25, 0.3) is 5.91 Å². The van der Waals surface area contributed by atoms with Gasteiger partial charge in [0.1, 0.15) is 11.8 Å². The number of carbonyl (C=O) groups excluding carboxylic acids is 3. The molecule has 3 aromatic carbocycles. The lowest BCUT2D eigenvalue weighted by Crippen LogP contribution is -2.65. The lowest BCUT2D eigenvalue weighted by atomic mass is 10.0. The molecule has 0 saturated carbocycles. The quantitative estimate of drug-likeness (QED) is 0.403. The molecule has 1 atom stereocenters. The molecule has 0 aliphatic carbocycles. The molecule has 0 spiro atoms. The highest BCUT2D eigenvalue weighted by Crippen LogP contribution is 2.27. The number of benzene rings is 3. The third-order valence-electron chi connectivity index (χ3n) is 6.14. The number of hydrogen-bond donors (Lipinski definition) is 2. The van der Waals surface area contributed by atoms with Crippen LogP contribution < -0.4 is 20.4 Å². The van der Waals surface area contributed by atoms with Crippen LogP contribution in [0.3, 0.4) is 0 Å². The fourth-order valence-corrected chi connectivity index (χ4v) is 4.46. The predicted molar refractivity (Wildman–Crippen MR) is 151 cm³/mol. The van der Waals surface area contributed by atoms with E-state index in [1.54, 1.807) is 54.6 Å². The van der Waals surface area contributed by atoms with Crippen molar-refractivity contribution in [2.75, 3.05) is 16.8 Å². The summed E-state index contributed by atoms with van der Waals surface area (Å²) in [6, 6.07) is 22.0. The zero-order valence-electron chi connectivity index (χ0n) is 21.5. The summed E-state index contributed by atoms with van der Waals surface area (Å²) in [5.74, 6) is -0.266. The van der Waals surface area contributed by atoms with Crippen molar-refractivity contribution in [3.8, 4) is 5.75 Å². The first-order valence-electron chi connectivity index (χ1n) is 12.4. The van der Waals surface area contributed by atoms with E-state index >= 15 is 0 Å². The van der Waals surface area contributed by atoms with Crippen molar-refractivity contribution in [2.24, 2.45) is 0 Å². The van der Waals surface area contributed by atoms with E-state index < -0.39 is 17.9 Å². The van der Waals surface area contributed by atoms with E-state index in [4.69, 9.17) is 17.0 Å². The molecular weight excluding hydrogens is 500 g/mol. The van der Waals surface area contributed by atoms with Gasteiger partial charge in [-0.2, -0.15) is 0 Å². The zero-order chi connectivity index (χ0) is 27.2. The maximum Gasteiger partial charge on any atom is 0.269 e. The van der Waals surface area contributed by atoms with Crippen molar-refractivity contribution in [3.63, 3.8) is 0 Å². The Kier molecular flexibility index (Phi) is 8.38. The van der Waals surface area contributed by atoms with E-state index in [2.05, 4.69) is 24.6 Å². The number of carbonyl (C=O) groups is 3. The molecule has 3 amide bonds. The Bertz CT molecular complexity index is 1310. The van der Waals surface area contributed by atoms with Crippen molar-refractivity contribution in [2.45, 2.75) is 39.2 Å². The standard InChI is InChI=1S/C29H30N4O4S/c1-4-37-24-16-14-23(15-17-24)32-26(34)18-25(28(36)30-22-12-10-20(11-13-22)19(2)3)33(29(32)38)31-27(35)21-8-6-5-7-9-21/h5-17,19,25H,4,18H2,1-3H3,(H,30,36)(H,31,35)/t25-/m1/s1. The van der Waals surface area contributed by atoms with Crippen LogP contribution in [0.5, 0.6) is 5.75 Å². The number of nitrogens with one attached hydrogen (secondary N) is 2. The molecule has 9 heteroatoms. The number of rotatable bonds is 8. The summed E-state index contributed by atoms with van der Waals surface area (Å²) in [4.78, 5) is 41.1. The Morgan fingerprint density at radius 1 is 1.00 bits per heavy atom. The number of nitrogens with zero attached hydrogens (tertiary/aromatic N) is 2. The Balaban J connectivity index is 1.61. The lowest BCUT2D eigenvalue weighted by Gasteiger charge is -2.41. The number of ether oxygens (including phenoxy) is 1. The summed E-state index contributed by atoms with van der Waals surface area (Å²) in [7, 11) is 0. The van der Waals surface area contributed by atoms with Gasteiger partial charge in [-0.05, 0) is 79.2 Å². The second kappa shape index (κ2) is 11.9. The number of anilines is 2. The molecule has 3 aromatic rings. The molecule has 0 unspecified atom stereocenters. The smallest absolute Gasteiger partial charge is 0.269 e. The molecule has 1 heterocycles. The van der Waals surface area contributed by atoms with E-state index in [1.807, 2.05) is 31.2 Å². The molecule has 1 aliphatic rings. The highest BCUT2D eigenvalue weighted by atomic mass is 32.1. The number of amides is 3. The van der Waals surface area contributed by atoms with Gasteiger partial charge in [0.05, 0.1) is 18.7 Å². The van der Waals surface area contributed by atoms with Gasteiger partial charge in [-0.3, -0.25) is 24.7 Å². The molecule has 0 bridgehead atoms. The predicted octanol–water partition coefficient (Wildman–Crippen LogP) is 4.88. The minimum absolute atomic E-state index is 0.00926. The summed E-state index contributed by atoms with van der Waals surface area (Å²) >= 11 is 5.67. The van der Waals surface area contributed by atoms with Crippen LogP contribution in [0.15, 0.2) is 78.9 Å². The third-order valence-corrected chi connectivity index (χ3v) is 6.52. The Morgan fingerprint density at radius 2 is 1.66 bits per heavy atom. The van der Waals surface area contributed by atoms with Crippen LogP contribution in [-0.4, -0.2) is 40.5 Å². The van der Waals surface area contributed by atoms with E-state index in [0.717, 1.165) is 5.56 Å². The molecule has 0 radical (unpaired) electrons. The molecule has 8 nitrogen and oxygen atoms in total. The minimum atomic E-state index is -1.05. The van der Waals surface area contributed by atoms with Gasteiger partial charge in [-0.25, -0.2) is 5.01 Å². The summed E-state index contributed by atoms with van der Waals surface area (Å²) in [6.45, 7) is 6.57. The van der Waals surface area contributed by atoms with E-state index in [-0.39, 0.29) is 17.4 Å². The van der Waals surface area contributed by atoms with E-state index in [1.165, 1.54) is 9.91 Å². The van der Waals surface area contributed by atoms with Crippen LogP contribution in [0.25, 0.3) is 0 Å². The Morgan fingerprint density at radius 3 is 2.26 bits per heavy atom. The minimum Gasteiger partial charge on any atom is -0.494 e. The summed E-state index contributed by atoms with van der Waals surface area (Å²) in [5, 5.41) is 4.14. The molecule has 196 valence electrons. The number of hydrazine groups is 1. The molecule has 1 aliphatic heterocycles. The highest BCUT2D eigenvalue weighted by molar-refractivity contribution is 7.80. The topological polar surface area (TPSA) is 91.0 Å². The number of thiocarbonyl (C=S) groups is 1. The summed E-state index contributed by atoms with van der Waals surface area (Å²) < 4.78 is 5.49. The van der Waals surface area contributed by atoms with Gasteiger partial charge >= 0.3 is 0 Å². The van der Waals surface area contributed by atoms with Gasteiger partial charge in [-0.15, -0.1) is 0 Å². The second-order valence-electron chi connectivity index (χ2n) is 9.10. The van der Waals surface area contributed by atoms with Crippen molar-refractivity contribution < 1.29 is 19.1 Å². The molecular formula is C29H30N4O4S. The average Bonchev–Trinajstić information content (AvgIpc) is 2.92. The lowest BCUT2D eigenvalue weighted by molar-refractivity contribution is -0.127. The molecule has 38 heavy (non-hydrogen) atoms. The maximum absolute atomic E-state index is 13.4. The van der Waals surface area contributed by atoms with Crippen molar-refractivity contribution in [1.29, 1.82) is 0 Å². The van der Waals surface area contributed by atoms with Gasteiger partial charge in [0.2, 0.25) is 16.9 Å². The molecule has 0 aromatic heterocycles. The first-order chi connectivity index (χ1) is 18.3. The van der Waals surface area contributed by atoms with Crippen LogP contribution >= 0.6 is 12.2 Å².